The number of nitrogens with zero attached hydrogens (tertiary/aromatic N) is 1. The third-order valence-corrected chi connectivity index (χ3v) is 4.31. The van der Waals surface area contributed by atoms with Crippen molar-refractivity contribution in [3.8, 4) is 11.3 Å². The third-order valence-electron chi connectivity index (χ3n) is 3.51. The molecular formula is C19H27N3O2S. The van der Waals surface area contributed by atoms with Crippen molar-refractivity contribution in [2.24, 2.45) is 5.92 Å². The summed E-state index contributed by atoms with van der Waals surface area (Å²) in [6.45, 7) is 8.46. The van der Waals surface area contributed by atoms with Crippen molar-refractivity contribution in [1.82, 2.24) is 4.98 Å². The van der Waals surface area contributed by atoms with Crippen molar-refractivity contribution < 1.29 is 9.53 Å². The fourth-order valence-electron chi connectivity index (χ4n) is 2.31. The lowest BCUT2D eigenvalue weighted by atomic mass is 10.1. The van der Waals surface area contributed by atoms with E-state index in [1.807, 2.05) is 50.4 Å². The Kier molecular flexibility index (Phi) is 7.88. The first-order chi connectivity index (χ1) is 12.1. The number of amides is 1. The predicted molar refractivity (Wildman–Crippen MR) is 105 cm³/mol. The van der Waals surface area contributed by atoms with Gasteiger partial charge < -0.3 is 15.4 Å². The molecule has 0 bridgehead atoms. The molecule has 25 heavy (non-hydrogen) atoms. The number of ether oxygens (including phenoxy) is 1. The lowest BCUT2D eigenvalue weighted by molar-refractivity contribution is -0.116. The molecule has 0 aliphatic carbocycles. The first kappa shape index (κ1) is 19.4. The van der Waals surface area contributed by atoms with E-state index in [2.05, 4.69) is 15.6 Å². The average Bonchev–Trinajstić information content (AvgIpc) is 3.03. The van der Waals surface area contributed by atoms with Gasteiger partial charge in [0.2, 0.25) is 5.91 Å². The fourth-order valence-corrected chi connectivity index (χ4v) is 3.06. The third kappa shape index (κ3) is 6.84. The first-order valence-electron chi connectivity index (χ1n) is 8.76. The van der Waals surface area contributed by atoms with Crippen molar-refractivity contribution in [2.45, 2.75) is 33.6 Å². The lowest BCUT2D eigenvalue weighted by Crippen LogP contribution is -2.13. The molecule has 0 fully saturated rings. The number of carbonyl (C=O) groups is 1. The summed E-state index contributed by atoms with van der Waals surface area (Å²) < 4.78 is 5.32. The summed E-state index contributed by atoms with van der Waals surface area (Å²) in [5.74, 6) is 0.406. The number of thiazole rings is 1. The maximum absolute atomic E-state index is 11.8. The van der Waals surface area contributed by atoms with Crippen LogP contribution < -0.4 is 10.6 Å². The molecule has 2 N–H and O–H groups in total. The fraction of sp³-hybridized carbons (Fsp3) is 0.474. The van der Waals surface area contributed by atoms with Gasteiger partial charge in [-0.05, 0) is 31.4 Å². The molecule has 0 saturated carbocycles. The van der Waals surface area contributed by atoms with E-state index in [-0.39, 0.29) is 5.91 Å². The molecule has 0 aliphatic rings. The Morgan fingerprint density at radius 1 is 1.28 bits per heavy atom. The summed E-state index contributed by atoms with van der Waals surface area (Å²) in [7, 11) is 0. The summed E-state index contributed by atoms with van der Waals surface area (Å²) in [5, 5.41) is 9.20. The summed E-state index contributed by atoms with van der Waals surface area (Å²) in [6, 6.07) is 7.81. The molecule has 0 atom stereocenters. The van der Waals surface area contributed by atoms with Gasteiger partial charge >= 0.3 is 0 Å². The molecule has 2 rings (SSSR count). The second-order valence-electron chi connectivity index (χ2n) is 6.24. The molecule has 1 aromatic heterocycles. The SMILES string of the molecule is CCOCCCNc1nc(-c2ccc(NC(=O)CC(C)C)cc2)cs1. The van der Waals surface area contributed by atoms with Crippen molar-refractivity contribution in [1.29, 1.82) is 0 Å². The molecule has 5 nitrogen and oxygen atoms in total. The van der Waals surface area contributed by atoms with E-state index >= 15 is 0 Å². The van der Waals surface area contributed by atoms with Gasteiger partial charge in [-0.15, -0.1) is 11.3 Å². The molecule has 0 saturated heterocycles. The van der Waals surface area contributed by atoms with E-state index in [1.165, 1.54) is 0 Å². The molecule has 0 unspecified atom stereocenters. The number of hydrogen-bond acceptors (Lipinski definition) is 5. The Morgan fingerprint density at radius 3 is 2.72 bits per heavy atom. The van der Waals surface area contributed by atoms with E-state index in [0.29, 0.717) is 12.3 Å². The Morgan fingerprint density at radius 2 is 2.04 bits per heavy atom. The topological polar surface area (TPSA) is 63.2 Å². The number of hydrogen-bond donors (Lipinski definition) is 2. The standard InChI is InChI=1S/C19H27N3O2S/c1-4-24-11-5-10-20-19-22-17(13-25-19)15-6-8-16(9-7-15)21-18(23)12-14(2)3/h6-9,13-14H,4-5,10-12H2,1-3H3,(H,20,22)(H,21,23). The van der Waals surface area contributed by atoms with Gasteiger partial charge in [0, 0.05) is 42.8 Å². The minimum absolute atomic E-state index is 0.0509. The van der Waals surface area contributed by atoms with Crippen LogP contribution in [0.15, 0.2) is 29.6 Å². The van der Waals surface area contributed by atoms with Gasteiger partial charge in [-0.2, -0.15) is 0 Å². The zero-order valence-electron chi connectivity index (χ0n) is 15.2. The maximum Gasteiger partial charge on any atom is 0.224 e. The number of aromatic nitrogens is 1. The van der Waals surface area contributed by atoms with Crippen molar-refractivity contribution in [3.05, 3.63) is 29.6 Å². The normalized spacial score (nSPS) is 10.9. The van der Waals surface area contributed by atoms with Crippen LogP contribution in [0.4, 0.5) is 10.8 Å². The summed E-state index contributed by atoms with van der Waals surface area (Å²) in [5.41, 5.74) is 2.80. The highest BCUT2D eigenvalue weighted by atomic mass is 32.1. The zero-order valence-corrected chi connectivity index (χ0v) is 16.0. The summed E-state index contributed by atoms with van der Waals surface area (Å²) >= 11 is 1.60. The largest absolute Gasteiger partial charge is 0.382 e. The van der Waals surface area contributed by atoms with Gasteiger partial charge in [0.05, 0.1) is 5.69 Å². The monoisotopic (exact) mass is 361 g/mol. The highest BCUT2D eigenvalue weighted by molar-refractivity contribution is 7.14. The Balaban J connectivity index is 1.86. The quantitative estimate of drug-likeness (QED) is 0.606. The summed E-state index contributed by atoms with van der Waals surface area (Å²) in [6.07, 6.45) is 1.50. The Hall–Kier alpha value is -1.92. The van der Waals surface area contributed by atoms with E-state index < -0.39 is 0 Å². The molecule has 0 aliphatic heterocycles. The van der Waals surface area contributed by atoms with Crippen LogP contribution in [-0.4, -0.2) is 30.6 Å². The van der Waals surface area contributed by atoms with Crippen LogP contribution in [0.1, 0.15) is 33.6 Å². The van der Waals surface area contributed by atoms with Crippen molar-refractivity contribution in [3.63, 3.8) is 0 Å². The van der Waals surface area contributed by atoms with Crippen LogP contribution in [-0.2, 0) is 9.53 Å². The van der Waals surface area contributed by atoms with Gasteiger partial charge in [0.15, 0.2) is 5.13 Å². The number of benzene rings is 1. The van der Waals surface area contributed by atoms with Gasteiger partial charge in [-0.1, -0.05) is 26.0 Å². The van der Waals surface area contributed by atoms with Gasteiger partial charge in [-0.25, -0.2) is 4.98 Å². The second-order valence-corrected chi connectivity index (χ2v) is 7.10. The highest BCUT2D eigenvalue weighted by Crippen LogP contribution is 2.26. The second kappa shape index (κ2) is 10.2. The summed E-state index contributed by atoms with van der Waals surface area (Å²) in [4.78, 5) is 16.4. The first-order valence-corrected chi connectivity index (χ1v) is 9.64. The molecule has 6 heteroatoms. The van der Waals surface area contributed by atoms with Crippen LogP contribution in [0.2, 0.25) is 0 Å². The molecule has 2 aromatic rings. The Labute approximate surface area is 153 Å². The zero-order chi connectivity index (χ0) is 18.1. The van der Waals surface area contributed by atoms with Crippen molar-refractivity contribution >= 4 is 28.1 Å². The number of nitrogens with one attached hydrogen (secondary N) is 2. The van der Waals surface area contributed by atoms with Gasteiger partial charge in [-0.3, -0.25) is 4.79 Å². The minimum Gasteiger partial charge on any atom is -0.382 e. The van der Waals surface area contributed by atoms with Crippen LogP contribution in [0.3, 0.4) is 0 Å². The molecule has 0 radical (unpaired) electrons. The molecule has 136 valence electrons. The number of anilines is 2. The van der Waals surface area contributed by atoms with E-state index in [0.717, 1.165) is 48.3 Å². The van der Waals surface area contributed by atoms with Crippen LogP contribution in [0.5, 0.6) is 0 Å². The molecule has 1 aromatic carbocycles. The Bertz CT molecular complexity index is 653. The lowest BCUT2D eigenvalue weighted by Gasteiger charge is -2.07. The predicted octanol–water partition coefficient (Wildman–Crippen LogP) is 4.63. The minimum atomic E-state index is 0.0509. The van der Waals surface area contributed by atoms with E-state index in [9.17, 15) is 4.79 Å². The molecule has 1 amide bonds. The molecule has 0 spiro atoms. The molecular weight excluding hydrogens is 334 g/mol. The number of carbonyl (C=O) groups excluding carboxylic acids is 1. The van der Waals surface area contributed by atoms with Gasteiger partial charge in [0.25, 0.3) is 0 Å². The van der Waals surface area contributed by atoms with Crippen molar-refractivity contribution in [2.75, 3.05) is 30.4 Å². The van der Waals surface area contributed by atoms with E-state index in [1.54, 1.807) is 11.3 Å². The van der Waals surface area contributed by atoms with E-state index in [4.69, 9.17) is 4.74 Å². The van der Waals surface area contributed by atoms with Crippen LogP contribution in [0, 0.1) is 5.92 Å². The van der Waals surface area contributed by atoms with Gasteiger partial charge in [0.1, 0.15) is 0 Å². The highest BCUT2D eigenvalue weighted by Gasteiger charge is 2.07. The average molecular weight is 362 g/mol. The maximum atomic E-state index is 11.8. The molecule has 1 heterocycles. The van der Waals surface area contributed by atoms with Crippen LogP contribution in [0.25, 0.3) is 11.3 Å². The van der Waals surface area contributed by atoms with Crippen LogP contribution >= 0.6 is 11.3 Å². The number of rotatable bonds is 10. The smallest absolute Gasteiger partial charge is 0.224 e.